The summed E-state index contributed by atoms with van der Waals surface area (Å²) in [6, 6.07) is 9.09. The fourth-order valence-electron chi connectivity index (χ4n) is 3.08. The molecule has 2 heteroatoms. The predicted octanol–water partition coefficient (Wildman–Crippen LogP) is 2.08. The van der Waals surface area contributed by atoms with E-state index in [9.17, 15) is 5.11 Å². The zero-order valence-corrected chi connectivity index (χ0v) is 8.82. The second-order valence-electron chi connectivity index (χ2n) is 4.91. The summed E-state index contributed by atoms with van der Waals surface area (Å²) in [4.78, 5) is 0. The Morgan fingerprint density at radius 2 is 2.00 bits per heavy atom. The van der Waals surface area contributed by atoms with Crippen LogP contribution in [0.2, 0.25) is 0 Å². The highest BCUT2D eigenvalue weighted by atomic mass is 16.3. The maximum Gasteiger partial charge on any atom is 0.115 e. The van der Waals surface area contributed by atoms with Crippen molar-refractivity contribution >= 4 is 0 Å². The lowest BCUT2D eigenvalue weighted by Crippen LogP contribution is -2.36. The number of fused-ring (bicyclic) bond motifs is 2. The van der Waals surface area contributed by atoms with Gasteiger partial charge in [0.1, 0.15) is 5.75 Å². The molecule has 3 atom stereocenters. The van der Waals surface area contributed by atoms with E-state index >= 15 is 0 Å². The topological polar surface area (TPSA) is 32.3 Å². The summed E-state index contributed by atoms with van der Waals surface area (Å²) in [6.45, 7) is 0. The lowest BCUT2D eigenvalue weighted by atomic mass is 9.94. The van der Waals surface area contributed by atoms with E-state index in [1.54, 1.807) is 12.1 Å². The van der Waals surface area contributed by atoms with Gasteiger partial charge in [0.2, 0.25) is 0 Å². The van der Waals surface area contributed by atoms with Gasteiger partial charge in [-0.1, -0.05) is 12.1 Å². The zero-order chi connectivity index (χ0) is 10.3. The minimum atomic E-state index is 0.361. The number of aromatic hydroxyl groups is 1. The predicted molar refractivity (Wildman–Crippen MR) is 59.9 cm³/mol. The van der Waals surface area contributed by atoms with Crippen molar-refractivity contribution in [3.63, 3.8) is 0 Å². The fraction of sp³-hybridized carbons (Fsp3) is 0.538. The maximum atomic E-state index is 9.21. The molecule has 2 aliphatic rings. The van der Waals surface area contributed by atoms with Crippen LogP contribution in [0.1, 0.15) is 24.8 Å². The molecule has 0 amide bonds. The van der Waals surface area contributed by atoms with Crippen molar-refractivity contribution in [2.45, 2.75) is 37.8 Å². The summed E-state index contributed by atoms with van der Waals surface area (Å²) in [5, 5.41) is 12.9. The molecule has 1 aliphatic carbocycles. The molecule has 2 fully saturated rings. The molecule has 1 saturated carbocycles. The quantitative estimate of drug-likeness (QED) is 0.771. The van der Waals surface area contributed by atoms with Crippen molar-refractivity contribution in [2.75, 3.05) is 0 Å². The minimum absolute atomic E-state index is 0.361. The molecule has 2 N–H and O–H groups in total. The molecule has 1 aromatic carbocycles. The Morgan fingerprint density at radius 3 is 2.60 bits per heavy atom. The minimum Gasteiger partial charge on any atom is -0.508 e. The van der Waals surface area contributed by atoms with E-state index in [4.69, 9.17) is 0 Å². The molecule has 3 rings (SSSR count). The van der Waals surface area contributed by atoms with E-state index in [2.05, 4.69) is 5.32 Å². The third-order valence-corrected chi connectivity index (χ3v) is 3.88. The molecule has 2 bridgehead atoms. The van der Waals surface area contributed by atoms with Gasteiger partial charge >= 0.3 is 0 Å². The number of phenolic OH excluding ortho intramolecular Hbond substituents is 1. The summed E-state index contributed by atoms with van der Waals surface area (Å²) >= 11 is 0. The number of rotatable bonds is 2. The van der Waals surface area contributed by atoms with Crippen LogP contribution in [0.3, 0.4) is 0 Å². The maximum absolute atomic E-state index is 9.21. The Labute approximate surface area is 90.3 Å². The van der Waals surface area contributed by atoms with Gasteiger partial charge in [-0.05, 0) is 49.3 Å². The SMILES string of the molecule is Oc1ccc(CC2NC3CCC2C3)cc1. The number of phenols is 1. The second kappa shape index (κ2) is 3.53. The molecule has 3 unspecified atom stereocenters. The monoisotopic (exact) mass is 203 g/mol. The van der Waals surface area contributed by atoms with Crippen LogP contribution in [0.25, 0.3) is 0 Å². The first-order chi connectivity index (χ1) is 7.31. The van der Waals surface area contributed by atoms with Crippen LogP contribution in [-0.4, -0.2) is 17.2 Å². The standard InChI is InChI=1S/C13H17NO/c15-12-5-1-9(2-6-12)7-13-10-3-4-11(8-10)14-13/h1-2,5-6,10-11,13-15H,3-4,7-8H2. The van der Waals surface area contributed by atoms with Crippen molar-refractivity contribution in [1.29, 1.82) is 0 Å². The van der Waals surface area contributed by atoms with E-state index in [0.717, 1.165) is 18.4 Å². The van der Waals surface area contributed by atoms with Crippen LogP contribution in [0.4, 0.5) is 0 Å². The summed E-state index contributed by atoms with van der Waals surface area (Å²) in [5.41, 5.74) is 1.33. The van der Waals surface area contributed by atoms with Crippen LogP contribution in [0.5, 0.6) is 5.75 Å². The molecule has 1 aliphatic heterocycles. The van der Waals surface area contributed by atoms with Gasteiger partial charge < -0.3 is 10.4 Å². The lowest BCUT2D eigenvalue weighted by molar-refractivity contribution is 0.379. The third kappa shape index (κ3) is 1.74. The number of hydrogen-bond acceptors (Lipinski definition) is 2. The summed E-state index contributed by atoms with van der Waals surface area (Å²) in [7, 11) is 0. The summed E-state index contributed by atoms with van der Waals surface area (Å²) in [6.07, 6.45) is 5.27. The number of benzene rings is 1. The van der Waals surface area contributed by atoms with E-state index < -0.39 is 0 Å². The van der Waals surface area contributed by atoms with Crippen molar-refractivity contribution in [3.05, 3.63) is 29.8 Å². The summed E-state index contributed by atoms with van der Waals surface area (Å²) < 4.78 is 0. The van der Waals surface area contributed by atoms with Crippen molar-refractivity contribution < 1.29 is 5.11 Å². The molecule has 1 aromatic rings. The van der Waals surface area contributed by atoms with E-state index in [0.29, 0.717) is 11.8 Å². The Morgan fingerprint density at radius 1 is 1.20 bits per heavy atom. The van der Waals surface area contributed by atoms with Gasteiger partial charge in [0.25, 0.3) is 0 Å². The highest BCUT2D eigenvalue weighted by Gasteiger charge is 2.38. The molecule has 15 heavy (non-hydrogen) atoms. The van der Waals surface area contributed by atoms with Crippen LogP contribution in [-0.2, 0) is 6.42 Å². The number of nitrogens with one attached hydrogen (secondary N) is 1. The van der Waals surface area contributed by atoms with Crippen molar-refractivity contribution in [2.24, 2.45) is 5.92 Å². The lowest BCUT2D eigenvalue weighted by Gasteiger charge is -2.23. The largest absolute Gasteiger partial charge is 0.508 e. The normalized spacial score (nSPS) is 33.5. The van der Waals surface area contributed by atoms with Crippen LogP contribution in [0, 0.1) is 5.92 Å². The Balaban J connectivity index is 1.68. The van der Waals surface area contributed by atoms with E-state index in [1.165, 1.54) is 24.8 Å². The van der Waals surface area contributed by atoms with Gasteiger partial charge in [-0.15, -0.1) is 0 Å². The first-order valence-electron chi connectivity index (χ1n) is 5.85. The van der Waals surface area contributed by atoms with Gasteiger partial charge in [-0.25, -0.2) is 0 Å². The van der Waals surface area contributed by atoms with Gasteiger partial charge in [-0.2, -0.15) is 0 Å². The van der Waals surface area contributed by atoms with Crippen LogP contribution < -0.4 is 5.32 Å². The molecular weight excluding hydrogens is 186 g/mol. The molecule has 2 nitrogen and oxygen atoms in total. The van der Waals surface area contributed by atoms with E-state index in [-0.39, 0.29) is 0 Å². The first-order valence-corrected chi connectivity index (χ1v) is 5.85. The molecule has 80 valence electrons. The molecule has 1 heterocycles. The fourth-order valence-corrected chi connectivity index (χ4v) is 3.08. The van der Waals surface area contributed by atoms with E-state index in [1.807, 2.05) is 12.1 Å². The molecule has 0 spiro atoms. The highest BCUT2D eigenvalue weighted by Crippen LogP contribution is 2.36. The third-order valence-electron chi connectivity index (χ3n) is 3.88. The van der Waals surface area contributed by atoms with Gasteiger partial charge in [0.15, 0.2) is 0 Å². The van der Waals surface area contributed by atoms with Crippen molar-refractivity contribution in [3.8, 4) is 5.75 Å². The highest BCUT2D eigenvalue weighted by molar-refractivity contribution is 5.26. The van der Waals surface area contributed by atoms with Gasteiger partial charge in [0, 0.05) is 12.1 Å². The Bertz CT molecular complexity index is 346. The Hall–Kier alpha value is -1.02. The molecule has 0 aromatic heterocycles. The number of piperidine rings is 1. The Kier molecular flexibility index (Phi) is 2.17. The van der Waals surface area contributed by atoms with Crippen LogP contribution >= 0.6 is 0 Å². The summed E-state index contributed by atoms with van der Waals surface area (Å²) in [5.74, 6) is 1.25. The average Bonchev–Trinajstić information content (AvgIpc) is 2.83. The average molecular weight is 203 g/mol. The first kappa shape index (κ1) is 9.22. The number of hydrogen-bond donors (Lipinski definition) is 2. The van der Waals surface area contributed by atoms with Gasteiger partial charge in [-0.3, -0.25) is 0 Å². The van der Waals surface area contributed by atoms with Crippen LogP contribution in [0.15, 0.2) is 24.3 Å². The van der Waals surface area contributed by atoms with Gasteiger partial charge in [0.05, 0.1) is 0 Å². The zero-order valence-electron chi connectivity index (χ0n) is 8.82. The molecule has 1 saturated heterocycles. The second-order valence-corrected chi connectivity index (χ2v) is 4.91. The molecular formula is C13H17NO. The van der Waals surface area contributed by atoms with Crippen molar-refractivity contribution in [1.82, 2.24) is 5.32 Å². The molecule has 0 radical (unpaired) electrons. The smallest absolute Gasteiger partial charge is 0.115 e.